The Labute approximate surface area is 119 Å². The number of carbonyl (C=O) groups is 1. The standard InChI is InChI=1S/C16H20N2O2/c1-12(15-7-9-20-11-15)18-16(19)14-6-2-4-13(10-14)5-3-8-17/h2,4,6,10,12,15H,7-9,11,17H2,1H3,(H,18,19). The second kappa shape index (κ2) is 7.09. The highest BCUT2D eigenvalue weighted by molar-refractivity contribution is 5.94. The van der Waals surface area contributed by atoms with Crippen LogP contribution in [0.15, 0.2) is 24.3 Å². The number of hydrogen-bond acceptors (Lipinski definition) is 3. The quantitative estimate of drug-likeness (QED) is 0.811. The van der Waals surface area contributed by atoms with Crippen LogP contribution in [0.1, 0.15) is 29.3 Å². The predicted molar refractivity (Wildman–Crippen MR) is 78.2 cm³/mol. The highest BCUT2D eigenvalue weighted by Crippen LogP contribution is 2.16. The Bertz CT molecular complexity index is 525. The molecule has 106 valence electrons. The lowest BCUT2D eigenvalue weighted by molar-refractivity contribution is 0.0922. The number of nitrogens with one attached hydrogen (secondary N) is 1. The summed E-state index contributed by atoms with van der Waals surface area (Å²) in [6, 6.07) is 7.40. The Morgan fingerprint density at radius 2 is 2.45 bits per heavy atom. The molecule has 1 aliphatic rings. The number of nitrogens with two attached hydrogens (primary N) is 1. The van der Waals surface area contributed by atoms with E-state index in [1.165, 1.54) is 0 Å². The normalized spacial score (nSPS) is 19.0. The fourth-order valence-corrected chi connectivity index (χ4v) is 2.25. The molecule has 0 bridgehead atoms. The number of ether oxygens (including phenoxy) is 1. The van der Waals surface area contributed by atoms with E-state index in [2.05, 4.69) is 17.2 Å². The summed E-state index contributed by atoms with van der Waals surface area (Å²) in [6.45, 7) is 3.85. The maximum absolute atomic E-state index is 12.2. The van der Waals surface area contributed by atoms with E-state index in [0.29, 0.717) is 18.0 Å². The minimum absolute atomic E-state index is 0.0687. The van der Waals surface area contributed by atoms with Crippen molar-refractivity contribution in [3.8, 4) is 11.8 Å². The lowest BCUT2D eigenvalue weighted by Gasteiger charge is -2.19. The van der Waals surface area contributed by atoms with Crippen LogP contribution < -0.4 is 11.1 Å². The molecule has 2 rings (SSSR count). The van der Waals surface area contributed by atoms with Crippen molar-refractivity contribution in [2.45, 2.75) is 19.4 Å². The first-order valence-corrected chi connectivity index (χ1v) is 6.88. The van der Waals surface area contributed by atoms with Gasteiger partial charge in [-0.3, -0.25) is 4.79 Å². The summed E-state index contributed by atoms with van der Waals surface area (Å²) in [7, 11) is 0. The minimum atomic E-state index is -0.0687. The Morgan fingerprint density at radius 1 is 1.60 bits per heavy atom. The average Bonchev–Trinajstić information content (AvgIpc) is 2.99. The van der Waals surface area contributed by atoms with Gasteiger partial charge in [-0.05, 0) is 31.5 Å². The van der Waals surface area contributed by atoms with Crippen LogP contribution in [0.5, 0.6) is 0 Å². The van der Waals surface area contributed by atoms with Gasteiger partial charge in [-0.2, -0.15) is 0 Å². The van der Waals surface area contributed by atoms with Gasteiger partial charge in [-0.1, -0.05) is 17.9 Å². The van der Waals surface area contributed by atoms with Gasteiger partial charge in [-0.25, -0.2) is 0 Å². The molecule has 4 nitrogen and oxygen atoms in total. The highest BCUT2D eigenvalue weighted by Gasteiger charge is 2.23. The van der Waals surface area contributed by atoms with Gasteiger partial charge >= 0.3 is 0 Å². The molecule has 0 aromatic heterocycles. The van der Waals surface area contributed by atoms with Crippen molar-refractivity contribution in [1.29, 1.82) is 0 Å². The largest absolute Gasteiger partial charge is 0.381 e. The van der Waals surface area contributed by atoms with Crippen molar-refractivity contribution in [3.63, 3.8) is 0 Å². The van der Waals surface area contributed by atoms with Crippen LogP contribution in [0.2, 0.25) is 0 Å². The lowest BCUT2D eigenvalue weighted by atomic mass is 10.00. The van der Waals surface area contributed by atoms with Crippen LogP contribution in [0.4, 0.5) is 0 Å². The molecular weight excluding hydrogens is 252 g/mol. The average molecular weight is 272 g/mol. The highest BCUT2D eigenvalue weighted by atomic mass is 16.5. The van der Waals surface area contributed by atoms with E-state index in [1.54, 1.807) is 12.1 Å². The Morgan fingerprint density at radius 3 is 3.15 bits per heavy atom. The van der Waals surface area contributed by atoms with Gasteiger partial charge in [0.2, 0.25) is 0 Å². The van der Waals surface area contributed by atoms with Crippen LogP contribution in [0.25, 0.3) is 0 Å². The Hall–Kier alpha value is -1.83. The van der Waals surface area contributed by atoms with Crippen molar-refractivity contribution in [2.24, 2.45) is 11.7 Å². The molecule has 1 aromatic rings. The maximum atomic E-state index is 12.2. The third-order valence-electron chi connectivity index (χ3n) is 3.49. The van der Waals surface area contributed by atoms with E-state index >= 15 is 0 Å². The van der Waals surface area contributed by atoms with Gasteiger partial charge < -0.3 is 15.8 Å². The number of benzene rings is 1. The van der Waals surface area contributed by atoms with Crippen LogP contribution in [0.3, 0.4) is 0 Å². The summed E-state index contributed by atoms with van der Waals surface area (Å²) < 4.78 is 5.35. The van der Waals surface area contributed by atoms with Gasteiger partial charge in [0.25, 0.3) is 5.91 Å². The van der Waals surface area contributed by atoms with E-state index in [-0.39, 0.29) is 11.9 Å². The summed E-state index contributed by atoms with van der Waals surface area (Å²) >= 11 is 0. The molecule has 1 heterocycles. The van der Waals surface area contributed by atoms with E-state index < -0.39 is 0 Å². The maximum Gasteiger partial charge on any atom is 0.251 e. The molecule has 4 heteroatoms. The molecule has 20 heavy (non-hydrogen) atoms. The molecular formula is C16H20N2O2. The van der Waals surface area contributed by atoms with Gasteiger partial charge in [0.05, 0.1) is 13.2 Å². The zero-order valence-electron chi connectivity index (χ0n) is 11.7. The number of amides is 1. The molecule has 0 spiro atoms. The first-order chi connectivity index (χ1) is 9.70. The second-order valence-corrected chi connectivity index (χ2v) is 4.97. The first-order valence-electron chi connectivity index (χ1n) is 6.88. The Kier molecular flexibility index (Phi) is 5.16. The van der Waals surface area contributed by atoms with Crippen LogP contribution >= 0.6 is 0 Å². The fraction of sp³-hybridized carbons (Fsp3) is 0.438. The summed E-state index contributed by atoms with van der Waals surface area (Å²) in [6.07, 6.45) is 1.00. The predicted octanol–water partition coefficient (Wildman–Crippen LogP) is 1.15. The zero-order chi connectivity index (χ0) is 14.4. The first kappa shape index (κ1) is 14.6. The topological polar surface area (TPSA) is 64.4 Å². The molecule has 1 fully saturated rings. The minimum Gasteiger partial charge on any atom is -0.381 e. The van der Waals surface area contributed by atoms with Crippen molar-refractivity contribution in [3.05, 3.63) is 35.4 Å². The zero-order valence-corrected chi connectivity index (χ0v) is 11.7. The number of rotatable bonds is 3. The van der Waals surface area contributed by atoms with Crippen LogP contribution in [0, 0.1) is 17.8 Å². The van der Waals surface area contributed by atoms with Crippen LogP contribution in [-0.2, 0) is 4.74 Å². The van der Waals surface area contributed by atoms with E-state index in [4.69, 9.17) is 10.5 Å². The van der Waals surface area contributed by atoms with Crippen molar-refractivity contribution in [2.75, 3.05) is 19.8 Å². The molecule has 2 atom stereocenters. The van der Waals surface area contributed by atoms with E-state index in [0.717, 1.165) is 25.2 Å². The Balaban J connectivity index is 2.01. The van der Waals surface area contributed by atoms with Gasteiger partial charge in [0, 0.05) is 29.7 Å². The molecule has 1 amide bonds. The van der Waals surface area contributed by atoms with Crippen molar-refractivity contribution >= 4 is 5.91 Å². The summed E-state index contributed by atoms with van der Waals surface area (Å²) in [5, 5.41) is 3.03. The number of hydrogen-bond donors (Lipinski definition) is 2. The van der Waals surface area contributed by atoms with E-state index in [9.17, 15) is 4.79 Å². The summed E-state index contributed by atoms with van der Waals surface area (Å²) in [5.41, 5.74) is 6.78. The SMILES string of the molecule is CC(NC(=O)c1cccc(C#CCN)c1)C1CCOC1. The van der Waals surface area contributed by atoms with Crippen LogP contribution in [-0.4, -0.2) is 31.7 Å². The third-order valence-corrected chi connectivity index (χ3v) is 3.49. The molecule has 1 aliphatic heterocycles. The van der Waals surface area contributed by atoms with Gasteiger partial charge in [-0.15, -0.1) is 0 Å². The van der Waals surface area contributed by atoms with Crippen molar-refractivity contribution < 1.29 is 9.53 Å². The molecule has 1 aromatic carbocycles. The van der Waals surface area contributed by atoms with E-state index in [1.807, 2.05) is 19.1 Å². The van der Waals surface area contributed by atoms with Crippen molar-refractivity contribution in [1.82, 2.24) is 5.32 Å². The molecule has 1 saturated heterocycles. The molecule has 0 saturated carbocycles. The van der Waals surface area contributed by atoms with Gasteiger partial charge in [0.1, 0.15) is 0 Å². The molecule has 3 N–H and O–H groups in total. The second-order valence-electron chi connectivity index (χ2n) is 4.97. The lowest BCUT2D eigenvalue weighted by Crippen LogP contribution is -2.38. The summed E-state index contributed by atoms with van der Waals surface area (Å²) in [5.74, 6) is 6.05. The monoisotopic (exact) mass is 272 g/mol. The smallest absolute Gasteiger partial charge is 0.251 e. The molecule has 0 aliphatic carbocycles. The number of carbonyl (C=O) groups excluding carboxylic acids is 1. The third kappa shape index (κ3) is 3.83. The fourth-order valence-electron chi connectivity index (χ4n) is 2.25. The van der Waals surface area contributed by atoms with Gasteiger partial charge in [0.15, 0.2) is 0 Å². The molecule has 2 unspecified atom stereocenters. The molecule has 0 radical (unpaired) electrons. The summed E-state index contributed by atoms with van der Waals surface area (Å²) in [4.78, 5) is 12.2.